The molecule has 0 spiro atoms. The lowest BCUT2D eigenvalue weighted by Gasteiger charge is -2.13. The lowest BCUT2D eigenvalue weighted by atomic mass is 9.93. The summed E-state index contributed by atoms with van der Waals surface area (Å²) in [4.78, 5) is 0. The number of benzene rings is 7. The van der Waals surface area contributed by atoms with Gasteiger partial charge in [0.25, 0.3) is 0 Å². The van der Waals surface area contributed by atoms with Crippen LogP contribution in [-0.2, 0) is 0 Å². The summed E-state index contributed by atoms with van der Waals surface area (Å²) in [7, 11) is 0. The van der Waals surface area contributed by atoms with E-state index in [1.807, 2.05) is 38.1 Å². The van der Waals surface area contributed by atoms with Gasteiger partial charge < -0.3 is 5.32 Å². The first kappa shape index (κ1) is 34.4. The van der Waals surface area contributed by atoms with E-state index in [1.165, 1.54) is 38.9 Å². The average molecular weight is 658 g/mol. The van der Waals surface area contributed by atoms with Crippen molar-refractivity contribution in [1.82, 2.24) is 0 Å². The highest BCUT2D eigenvalue weighted by Crippen LogP contribution is 2.35. The first-order valence-corrected chi connectivity index (χ1v) is 17.6. The minimum absolute atomic E-state index is 1.03. The predicted octanol–water partition coefficient (Wildman–Crippen LogP) is 14.5. The van der Waals surface area contributed by atoms with Crippen molar-refractivity contribution >= 4 is 16.9 Å². The molecule has 7 rings (SSSR count). The molecule has 0 bridgehead atoms. The van der Waals surface area contributed by atoms with E-state index in [0.29, 0.717) is 0 Å². The summed E-state index contributed by atoms with van der Waals surface area (Å²) in [5.41, 5.74) is 16.1. The fraction of sp³-hybridized carbons (Fsp3) is 0.0400. The average Bonchev–Trinajstić information content (AvgIpc) is 3.22. The molecular weight excluding hydrogens is 615 g/mol. The summed E-state index contributed by atoms with van der Waals surface area (Å²) in [6.07, 6.45) is 5.69. The van der Waals surface area contributed by atoms with E-state index in [2.05, 4.69) is 188 Å². The van der Waals surface area contributed by atoms with Crippen molar-refractivity contribution in [2.45, 2.75) is 13.8 Å². The van der Waals surface area contributed by atoms with Gasteiger partial charge in [-0.3, -0.25) is 0 Å². The molecule has 0 heterocycles. The molecule has 0 aliphatic carbocycles. The summed E-state index contributed by atoms with van der Waals surface area (Å²) in [6, 6.07) is 62.5. The van der Waals surface area contributed by atoms with Gasteiger partial charge in [0.2, 0.25) is 0 Å². The lowest BCUT2D eigenvalue weighted by molar-refractivity contribution is 1.50. The molecule has 7 aromatic rings. The maximum Gasteiger partial charge on any atom is 0.0384 e. The third kappa shape index (κ3) is 8.41. The second kappa shape index (κ2) is 16.8. The van der Waals surface area contributed by atoms with E-state index < -0.39 is 0 Å². The van der Waals surface area contributed by atoms with Crippen LogP contribution in [0.2, 0.25) is 0 Å². The summed E-state index contributed by atoms with van der Waals surface area (Å²) in [6.45, 7) is 11.9. The second-order valence-electron chi connectivity index (χ2n) is 12.0. The Morgan fingerprint density at radius 3 is 1.02 bits per heavy atom. The van der Waals surface area contributed by atoms with Gasteiger partial charge in [-0.25, -0.2) is 0 Å². The van der Waals surface area contributed by atoms with Crippen molar-refractivity contribution in [3.8, 4) is 55.6 Å². The van der Waals surface area contributed by atoms with Crippen LogP contribution in [-0.4, -0.2) is 0 Å². The Kier molecular flexibility index (Phi) is 11.3. The first-order valence-electron chi connectivity index (χ1n) is 17.6. The molecule has 7 aromatic carbocycles. The van der Waals surface area contributed by atoms with Crippen molar-refractivity contribution in [3.05, 3.63) is 213 Å². The van der Waals surface area contributed by atoms with Gasteiger partial charge in [-0.05, 0) is 127 Å². The van der Waals surface area contributed by atoms with E-state index in [9.17, 15) is 0 Å². The maximum absolute atomic E-state index is 4.04. The van der Waals surface area contributed by atoms with Crippen LogP contribution in [0.3, 0.4) is 0 Å². The Morgan fingerprint density at radius 2 is 0.706 bits per heavy atom. The van der Waals surface area contributed by atoms with Crippen LogP contribution >= 0.6 is 0 Å². The molecule has 248 valence electrons. The minimum Gasteiger partial charge on any atom is -0.356 e. The molecule has 51 heavy (non-hydrogen) atoms. The van der Waals surface area contributed by atoms with Crippen LogP contribution in [0.4, 0.5) is 11.4 Å². The summed E-state index contributed by atoms with van der Waals surface area (Å²) >= 11 is 0. The molecule has 0 aliphatic rings. The molecule has 0 atom stereocenters. The van der Waals surface area contributed by atoms with Crippen LogP contribution in [0.5, 0.6) is 0 Å². The number of allylic oxidation sites excluding steroid dienone is 4. The zero-order valence-corrected chi connectivity index (χ0v) is 29.4. The summed E-state index contributed by atoms with van der Waals surface area (Å²) < 4.78 is 0. The van der Waals surface area contributed by atoms with E-state index >= 15 is 0 Å². The van der Waals surface area contributed by atoms with Crippen LogP contribution in [0.1, 0.15) is 19.4 Å². The number of anilines is 2. The van der Waals surface area contributed by atoms with Gasteiger partial charge >= 0.3 is 0 Å². The molecular formula is C50H43N. The van der Waals surface area contributed by atoms with Gasteiger partial charge in [-0.15, -0.1) is 0 Å². The molecule has 0 unspecified atom stereocenters. The van der Waals surface area contributed by atoms with E-state index in [-0.39, 0.29) is 0 Å². The summed E-state index contributed by atoms with van der Waals surface area (Å²) in [5, 5.41) is 3.59. The Balaban J connectivity index is 0.00000220. The minimum atomic E-state index is 1.03. The standard InChI is InChI=1S/C48H37N.C2H6/c1-3-14-35(4-2)41-29-42(36-15-8-5-9-16-36)32-45(30-41)39-21-25-47(26-22-39)49-48-27-23-40(24-28-48)46-33-43(37-17-10-6-11-18-37)31-44(34-46)38-19-12-7-13-20-38;1-2/h3-34,49H,1-2H2;1-2H3/b35-14+;. The Bertz CT molecular complexity index is 2170. The highest BCUT2D eigenvalue weighted by atomic mass is 14.9. The highest BCUT2D eigenvalue weighted by Gasteiger charge is 2.10. The van der Waals surface area contributed by atoms with Gasteiger partial charge in [-0.1, -0.05) is 160 Å². The van der Waals surface area contributed by atoms with Crippen molar-refractivity contribution in [3.63, 3.8) is 0 Å². The predicted molar refractivity (Wildman–Crippen MR) is 223 cm³/mol. The SMILES string of the molecule is C=C/C=C(\C=C)c1cc(-c2ccccc2)cc(-c2ccc(Nc3ccc(-c4cc(-c5ccccc5)cc(-c5ccccc5)c4)cc3)cc2)c1.CC. The van der Waals surface area contributed by atoms with Gasteiger partial charge in [0, 0.05) is 11.4 Å². The fourth-order valence-corrected chi connectivity index (χ4v) is 6.21. The molecule has 0 aliphatic heterocycles. The summed E-state index contributed by atoms with van der Waals surface area (Å²) in [5.74, 6) is 0. The monoisotopic (exact) mass is 657 g/mol. The molecule has 0 fully saturated rings. The fourth-order valence-electron chi connectivity index (χ4n) is 6.21. The Labute approximate surface area is 303 Å². The lowest BCUT2D eigenvalue weighted by Crippen LogP contribution is -1.91. The van der Waals surface area contributed by atoms with Gasteiger partial charge in [0.1, 0.15) is 0 Å². The topological polar surface area (TPSA) is 12.0 Å². The van der Waals surface area contributed by atoms with E-state index in [4.69, 9.17) is 0 Å². The smallest absolute Gasteiger partial charge is 0.0384 e. The Morgan fingerprint density at radius 1 is 0.392 bits per heavy atom. The first-order chi connectivity index (χ1) is 25.2. The molecule has 0 aromatic heterocycles. The largest absolute Gasteiger partial charge is 0.356 e. The molecule has 0 saturated carbocycles. The molecule has 0 saturated heterocycles. The molecule has 1 nitrogen and oxygen atoms in total. The van der Waals surface area contributed by atoms with Crippen molar-refractivity contribution < 1.29 is 0 Å². The second-order valence-corrected chi connectivity index (χ2v) is 12.0. The number of hydrogen-bond acceptors (Lipinski definition) is 1. The zero-order valence-electron chi connectivity index (χ0n) is 29.4. The van der Waals surface area contributed by atoms with Crippen molar-refractivity contribution in [2.75, 3.05) is 5.32 Å². The maximum atomic E-state index is 4.04. The molecule has 0 amide bonds. The van der Waals surface area contributed by atoms with Gasteiger partial charge in [0.05, 0.1) is 0 Å². The zero-order chi connectivity index (χ0) is 35.4. The van der Waals surface area contributed by atoms with Crippen LogP contribution in [0, 0.1) is 0 Å². The molecule has 1 N–H and O–H groups in total. The van der Waals surface area contributed by atoms with Crippen LogP contribution in [0.25, 0.3) is 61.2 Å². The van der Waals surface area contributed by atoms with E-state index in [0.717, 1.165) is 39.2 Å². The van der Waals surface area contributed by atoms with Crippen LogP contribution in [0.15, 0.2) is 207 Å². The number of hydrogen-bond donors (Lipinski definition) is 1. The van der Waals surface area contributed by atoms with Crippen LogP contribution < -0.4 is 5.32 Å². The van der Waals surface area contributed by atoms with E-state index in [1.54, 1.807) is 0 Å². The molecule has 0 radical (unpaired) electrons. The third-order valence-corrected chi connectivity index (χ3v) is 8.76. The van der Waals surface area contributed by atoms with Crippen molar-refractivity contribution in [2.24, 2.45) is 0 Å². The number of rotatable bonds is 10. The van der Waals surface area contributed by atoms with Gasteiger partial charge in [0.15, 0.2) is 0 Å². The van der Waals surface area contributed by atoms with Gasteiger partial charge in [-0.2, -0.15) is 0 Å². The quantitative estimate of drug-likeness (QED) is 0.144. The normalized spacial score (nSPS) is 10.8. The highest BCUT2D eigenvalue weighted by molar-refractivity contribution is 5.84. The third-order valence-electron chi connectivity index (χ3n) is 8.76. The number of nitrogens with one attached hydrogen (secondary N) is 1. The Hall–Kier alpha value is -6.44. The van der Waals surface area contributed by atoms with Crippen molar-refractivity contribution in [1.29, 1.82) is 0 Å². The molecule has 1 heteroatoms.